The minimum absolute atomic E-state index is 0.0271. The van der Waals surface area contributed by atoms with Crippen LogP contribution in [0.25, 0.3) is 0 Å². The summed E-state index contributed by atoms with van der Waals surface area (Å²) in [5.41, 5.74) is 1.64. The number of alkyl halides is 3. The molecule has 0 saturated carbocycles. The van der Waals surface area contributed by atoms with Crippen molar-refractivity contribution in [1.82, 2.24) is 0 Å². The van der Waals surface area contributed by atoms with E-state index in [1.807, 2.05) is 68.4 Å². The standard InChI is InChI=1S/C27H25F3N2O2/c1-3-25(33)32(21-9-5-4-6-10-21)24-17-18(2)31(23-12-8-7-11-22(23)24)26(34)19-13-15-20(16-14-19)27(28,29)30/h4-16,18,24H,3,17H2,1-2H3. The van der Waals surface area contributed by atoms with Crippen LogP contribution < -0.4 is 9.80 Å². The molecule has 3 aromatic rings. The summed E-state index contributed by atoms with van der Waals surface area (Å²) < 4.78 is 38.9. The van der Waals surface area contributed by atoms with Gasteiger partial charge in [-0.25, -0.2) is 0 Å². The van der Waals surface area contributed by atoms with Gasteiger partial charge < -0.3 is 9.80 Å². The van der Waals surface area contributed by atoms with Gasteiger partial charge in [0.05, 0.1) is 11.6 Å². The van der Waals surface area contributed by atoms with Gasteiger partial charge in [0.1, 0.15) is 0 Å². The maximum absolute atomic E-state index is 13.4. The Hall–Kier alpha value is -3.61. The van der Waals surface area contributed by atoms with Crippen molar-refractivity contribution in [2.24, 2.45) is 0 Å². The molecule has 34 heavy (non-hydrogen) atoms. The van der Waals surface area contributed by atoms with E-state index in [0.29, 0.717) is 18.5 Å². The predicted molar refractivity (Wildman–Crippen MR) is 126 cm³/mol. The fourth-order valence-electron chi connectivity index (χ4n) is 4.53. The van der Waals surface area contributed by atoms with Gasteiger partial charge in [-0.2, -0.15) is 13.2 Å². The molecule has 1 heterocycles. The van der Waals surface area contributed by atoms with Crippen molar-refractivity contribution in [3.63, 3.8) is 0 Å². The Morgan fingerprint density at radius 1 is 0.941 bits per heavy atom. The summed E-state index contributed by atoms with van der Waals surface area (Å²) >= 11 is 0. The van der Waals surface area contributed by atoms with Crippen molar-refractivity contribution in [1.29, 1.82) is 0 Å². The van der Waals surface area contributed by atoms with Crippen molar-refractivity contribution >= 4 is 23.2 Å². The van der Waals surface area contributed by atoms with Crippen LogP contribution in [-0.2, 0) is 11.0 Å². The summed E-state index contributed by atoms with van der Waals surface area (Å²) in [5, 5.41) is 0. The number of carbonyl (C=O) groups excluding carboxylic acids is 2. The third kappa shape index (κ3) is 4.42. The van der Waals surface area contributed by atoms with Gasteiger partial charge in [-0.1, -0.05) is 43.3 Å². The van der Waals surface area contributed by atoms with Crippen molar-refractivity contribution < 1.29 is 22.8 Å². The molecule has 0 aliphatic carbocycles. The summed E-state index contributed by atoms with van der Waals surface area (Å²) in [6, 6.07) is 20.5. The first-order valence-corrected chi connectivity index (χ1v) is 11.2. The number of anilines is 2. The van der Waals surface area contributed by atoms with Crippen molar-refractivity contribution in [2.75, 3.05) is 9.80 Å². The number of hydrogen-bond acceptors (Lipinski definition) is 2. The van der Waals surface area contributed by atoms with Gasteiger partial charge in [0.2, 0.25) is 5.91 Å². The molecule has 0 aromatic heterocycles. The fraction of sp³-hybridized carbons (Fsp3) is 0.259. The quantitative estimate of drug-likeness (QED) is 0.433. The Kier molecular flexibility index (Phi) is 6.46. The molecule has 3 aromatic carbocycles. The minimum atomic E-state index is -4.47. The first-order valence-electron chi connectivity index (χ1n) is 11.2. The molecule has 7 heteroatoms. The van der Waals surface area contributed by atoms with Gasteiger partial charge in [0.25, 0.3) is 5.91 Å². The largest absolute Gasteiger partial charge is 0.416 e. The summed E-state index contributed by atoms with van der Waals surface area (Å²) in [5.74, 6) is -0.402. The summed E-state index contributed by atoms with van der Waals surface area (Å²) in [4.78, 5) is 29.9. The number of carbonyl (C=O) groups is 2. The third-order valence-electron chi connectivity index (χ3n) is 6.16. The van der Waals surface area contributed by atoms with E-state index in [9.17, 15) is 22.8 Å². The van der Waals surface area contributed by atoms with E-state index in [1.165, 1.54) is 12.1 Å². The SMILES string of the molecule is CCC(=O)N(c1ccccc1)C1CC(C)N(C(=O)c2ccc(C(F)(F)F)cc2)c2ccccc21. The molecule has 0 bridgehead atoms. The van der Waals surface area contributed by atoms with Gasteiger partial charge in [-0.05, 0) is 61.4 Å². The molecule has 176 valence electrons. The van der Waals surface area contributed by atoms with E-state index < -0.39 is 11.7 Å². The van der Waals surface area contributed by atoms with E-state index in [-0.39, 0.29) is 29.5 Å². The normalized spacial score (nSPS) is 17.7. The number of halogens is 3. The maximum atomic E-state index is 13.4. The Bertz CT molecular complexity index is 1180. The molecule has 0 N–H and O–H groups in total. The van der Waals surface area contributed by atoms with Crippen LogP contribution in [0, 0.1) is 0 Å². The Morgan fingerprint density at radius 2 is 1.56 bits per heavy atom. The second-order valence-corrected chi connectivity index (χ2v) is 8.36. The number of benzene rings is 3. The molecule has 0 radical (unpaired) electrons. The molecule has 2 unspecified atom stereocenters. The lowest BCUT2D eigenvalue weighted by Crippen LogP contribution is -2.47. The first kappa shape index (κ1) is 23.5. The van der Waals surface area contributed by atoms with Crippen molar-refractivity contribution in [3.05, 3.63) is 95.6 Å². The van der Waals surface area contributed by atoms with Crippen LogP contribution in [0.4, 0.5) is 24.5 Å². The highest BCUT2D eigenvalue weighted by atomic mass is 19.4. The van der Waals surface area contributed by atoms with E-state index in [4.69, 9.17) is 0 Å². The van der Waals surface area contributed by atoms with Gasteiger partial charge in [0, 0.05) is 29.4 Å². The lowest BCUT2D eigenvalue weighted by atomic mass is 9.89. The van der Waals surface area contributed by atoms with Crippen LogP contribution in [-0.4, -0.2) is 17.9 Å². The average Bonchev–Trinajstić information content (AvgIpc) is 2.84. The molecule has 1 aliphatic heterocycles. The smallest absolute Gasteiger partial charge is 0.305 e. The predicted octanol–water partition coefficient (Wildman–Crippen LogP) is 6.63. The molecule has 2 atom stereocenters. The van der Waals surface area contributed by atoms with Crippen LogP contribution in [0.3, 0.4) is 0 Å². The Labute approximate surface area is 196 Å². The van der Waals surface area contributed by atoms with Gasteiger partial charge in [0.15, 0.2) is 0 Å². The highest BCUT2D eigenvalue weighted by molar-refractivity contribution is 6.07. The minimum Gasteiger partial charge on any atom is -0.305 e. The van der Waals surface area contributed by atoms with Gasteiger partial charge >= 0.3 is 6.18 Å². The maximum Gasteiger partial charge on any atom is 0.416 e. The Balaban J connectivity index is 1.74. The average molecular weight is 467 g/mol. The summed E-state index contributed by atoms with van der Waals surface area (Å²) in [6.07, 6.45) is -3.65. The monoisotopic (exact) mass is 466 g/mol. The molecular formula is C27H25F3N2O2. The molecule has 0 fully saturated rings. The van der Waals surface area contributed by atoms with E-state index in [2.05, 4.69) is 0 Å². The second-order valence-electron chi connectivity index (χ2n) is 8.36. The number of para-hydroxylation sites is 2. The van der Waals surface area contributed by atoms with E-state index in [0.717, 1.165) is 23.4 Å². The molecule has 1 aliphatic rings. The summed E-state index contributed by atoms with van der Waals surface area (Å²) in [7, 11) is 0. The number of rotatable bonds is 4. The van der Waals surface area contributed by atoms with Crippen LogP contribution in [0.15, 0.2) is 78.9 Å². The zero-order valence-electron chi connectivity index (χ0n) is 18.9. The van der Waals surface area contributed by atoms with Crippen molar-refractivity contribution in [3.8, 4) is 0 Å². The van der Waals surface area contributed by atoms with E-state index >= 15 is 0 Å². The van der Waals surface area contributed by atoms with Crippen LogP contribution in [0.5, 0.6) is 0 Å². The third-order valence-corrected chi connectivity index (χ3v) is 6.16. The number of hydrogen-bond donors (Lipinski definition) is 0. The number of nitrogens with zero attached hydrogens (tertiary/aromatic N) is 2. The summed E-state index contributed by atoms with van der Waals surface area (Å²) in [6.45, 7) is 3.71. The lowest BCUT2D eigenvalue weighted by molar-refractivity contribution is -0.137. The number of fused-ring (bicyclic) bond motifs is 1. The second kappa shape index (κ2) is 9.33. The van der Waals surface area contributed by atoms with Crippen LogP contribution in [0.2, 0.25) is 0 Å². The molecule has 4 nitrogen and oxygen atoms in total. The molecule has 0 spiro atoms. The van der Waals surface area contributed by atoms with Gasteiger partial charge in [-0.3, -0.25) is 9.59 Å². The van der Waals surface area contributed by atoms with Crippen LogP contribution >= 0.6 is 0 Å². The lowest BCUT2D eigenvalue weighted by Gasteiger charge is -2.43. The number of amides is 2. The first-order chi connectivity index (χ1) is 16.2. The fourth-order valence-corrected chi connectivity index (χ4v) is 4.53. The zero-order chi connectivity index (χ0) is 24.5. The van der Waals surface area contributed by atoms with Crippen LogP contribution in [0.1, 0.15) is 54.2 Å². The topological polar surface area (TPSA) is 40.6 Å². The zero-order valence-corrected chi connectivity index (χ0v) is 18.9. The van der Waals surface area contributed by atoms with E-state index in [1.54, 1.807) is 9.80 Å². The molecule has 2 amide bonds. The molecule has 4 rings (SSSR count). The van der Waals surface area contributed by atoms with Crippen molar-refractivity contribution in [2.45, 2.75) is 44.9 Å². The van der Waals surface area contributed by atoms with Gasteiger partial charge in [-0.15, -0.1) is 0 Å². The molecule has 0 saturated heterocycles. The molecular weight excluding hydrogens is 441 g/mol. The Morgan fingerprint density at radius 3 is 2.18 bits per heavy atom. The highest BCUT2D eigenvalue weighted by Crippen LogP contribution is 2.43. The highest BCUT2D eigenvalue weighted by Gasteiger charge is 2.38.